The summed E-state index contributed by atoms with van der Waals surface area (Å²) in [7, 11) is 0. The molecule has 0 bridgehead atoms. The van der Waals surface area contributed by atoms with Gasteiger partial charge in [-0.05, 0) is 30.4 Å². The van der Waals surface area contributed by atoms with Crippen molar-refractivity contribution in [3.05, 3.63) is 51.7 Å². The summed E-state index contributed by atoms with van der Waals surface area (Å²) in [5.41, 5.74) is 2.11. The van der Waals surface area contributed by atoms with E-state index in [1.165, 1.54) is 11.1 Å². The van der Waals surface area contributed by atoms with E-state index in [-0.39, 0.29) is 24.1 Å². The zero-order chi connectivity index (χ0) is 14.1. The highest BCUT2D eigenvalue weighted by atomic mass is 16.2. The minimum Gasteiger partial charge on any atom is -0.349 e. The number of amides is 1. The Morgan fingerprint density at radius 1 is 1.45 bits per heavy atom. The van der Waals surface area contributed by atoms with Crippen molar-refractivity contribution in [3.8, 4) is 0 Å². The predicted octanol–water partition coefficient (Wildman–Crippen LogP) is 0.826. The van der Waals surface area contributed by atoms with E-state index >= 15 is 0 Å². The Balaban J connectivity index is 1.58. The fourth-order valence-corrected chi connectivity index (χ4v) is 2.52. The van der Waals surface area contributed by atoms with Gasteiger partial charge in [-0.25, -0.2) is 9.89 Å². The first-order chi connectivity index (χ1) is 9.65. The average Bonchev–Trinajstić information content (AvgIpc) is 3.12. The molecule has 1 aliphatic carbocycles. The lowest BCUT2D eigenvalue weighted by Crippen LogP contribution is -2.25. The Hall–Kier alpha value is -2.37. The van der Waals surface area contributed by atoms with Crippen molar-refractivity contribution < 1.29 is 4.79 Å². The molecule has 20 heavy (non-hydrogen) atoms. The second-order valence-corrected chi connectivity index (χ2v) is 5.15. The van der Waals surface area contributed by atoms with Crippen LogP contribution in [0.5, 0.6) is 0 Å². The van der Waals surface area contributed by atoms with Gasteiger partial charge < -0.3 is 5.32 Å². The fraction of sp³-hybridized carbons (Fsp3) is 0.357. The summed E-state index contributed by atoms with van der Waals surface area (Å²) in [5, 5.41) is 8.82. The minimum atomic E-state index is -0.363. The molecule has 1 aromatic heterocycles. The molecule has 1 aliphatic rings. The highest BCUT2D eigenvalue weighted by Crippen LogP contribution is 2.48. The SMILES string of the molecule is Cc1ccccc1[C@@H]1C[C@H]1C(=O)NCc1n[nH]c(=O)[nH]1. The van der Waals surface area contributed by atoms with Crippen LogP contribution in [0.4, 0.5) is 0 Å². The van der Waals surface area contributed by atoms with Gasteiger partial charge in [0.05, 0.1) is 6.54 Å². The number of hydrogen-bond donors (Lipinski definition) is 3. The molecule has 104 valence electrons. The molecule has 6 nitrogen and oxygen atoms in total. The lowest BCUT2D eigenvalue weighted by atomic mass is 10.0. The first-order valence-electron chi connectivity index (χ1n) is 6.62. The number of nitrogens with one attached hydrogen (secondary N) is 3. The van der Waals surface area contributed by atoms with Crippen molar-refractivity contribution in [1.82, 2.24) is 20.5 Å². The van der Waals surface area contributed by atoms with Crippen LogP contribution in [0.25, 0.3) is 0 Å². The van der Waals surface area contributed by atoms with Crippen LogP contribution in [0, 0.1) is 12.8 Å². The van der Waals surface area contributed by atoms with E-state index in [0.29, 0.717) is 11.7 Å². The summed E-state index contributed by atoms with van der Waals surface area (Å²) in [5.74, 6) is 0.801. The fourth-order valence-electron chi connectivity index (χ4n) is 2.52. The number of H-pyrrole nitrogens is 2. The standard InChI is InChI=1S/C14H16N4O2/c1-8-4-2-3-5-9(8)10-6-11(10)13(19)15-7-12-16-14(20)18-17-12/h2-5,10-11H,6-7H2,1H3,(H,15,19)(H2,16,17,18,20)/t10-,11+/m0/s1. The zero-order valence-electron chi connectivity index (χ0n) is 11.1. The van der Waals surface area contributed by atoms with Crippen LogP contribution in [-0.4, -0.2) is 21.1 Å². The molecular formula is C14H16N4O2. The molecule has 1 aromatic carbocycles. The van der Waals surface area contributed by atoms with Crippen LogP contribution in [-0.2, 0) is 11.3 Å². The monoisotopic (exact) mass is 272 g/mol. The maximum atomic E-state index is 12.0. The smallest absolute Gasteiger partial charge is 0.340 e. The topological polar surface area (TPSA) is 90.6 Å². The van der Waals surface area contributed by atoms with Crippen molar-refractivity contribution in [3.63, 3.8) is 0 Å². The van der Waals surface area contributed by atoms with Crippen LogP contribution in [0.1, 0.15) is 29.3 Å². The number of carbonyl (C=O) groups excluding carboxylic acids is 1. The summed E-state index contributed by atoms with van der Waals surface area (Å²) in [4.78, 5) is 25.4. The molecular weight excluding hydrogens is 256 g/mol. The molecule has 1 fully saturated rings. The van der Waals surface area contributed by atoms with Gasteiger partial charge in [0.2, 0.25) is 5.91 Å². The molecule has 1 amide bonds. The molecule has 0 radical (unpaired) electrons. The molecule has 6 heteroatoms. The maximum absolute atomic E-state index is 12.0. The first-order valence-corrected chi connectivity index (χ1v) is 6.62. The van der Waals surface area contributed by atoms with Crippen LogP contribution < -0.4 is 11.0 Å². The molecule has 0 aliphatic heterocycles. The molecule has 2 aromatic rings. The molecule has 1 saturated carbocycles. The van der Waals surface area contributed by atoms with Crippen molar-refractivity contribution in [2.45, 2.75) is 25.8 Å². The second-order valence-electron chi connectivity index (χ2n) is 5.15. The number of aryl methyl sites for hydroxylation is 1. The second kappa shape index (κ2) is 4.96. The number of benzene rings is 1. The Labute approximate surface area is 115 Å². The Morgan fingerprint density at radius 3 is 2.95 bits per heavy atom. The summed E-state index contributed by atoms with van der Waals surface area (Å²) in [6.07, 6.45) is 0.883. The third-order valence-corrected chi connectivity index (χ3v) is 3.70. The van der Waals surface area contributed by atoms with Gasteiger partial charge in [-0.1, -0.05) is 24.3 Å². The summed E-state index contributed by atoms with van der Waals surface area (Å²) >= 11 is 0. The molecule has 0 spiro atoms. The van der Waals surface area contributed by atoms with Crippen LogP contribution in [0.15, 0.2) is 29.1 Å². The van der Waals surface area contributed by atoms with Crippen molar-refractivity contribution in [2.75, 3.05) is 0 Å². The molecule has 0 saturated heterocycles. The van der Waals surface area contributed by atoms with Crippen molar-refractivity contribution >= 4 is 5.91 Å². The quantitative estimate of drug-likeness (QED) is 0.769. The molecule has 1 heterocycles. The van der Waals surface area contributed by atoms with Crippen LogP contribution in [0.3, 0.4) is 0 Å². The number of carbonyl (C=O) groups is 1. The lowest BCUT2D eigenvalue weighted by Gasteiger charge is -2.05. The van der Waals surface area contributed by atoms with E-state index in [0.717, 1.165) is 6.42 Å². The number of nitrogens with zero attached hydrogens (tertiary/aromatic N) is 1. The Bertz CT molecular complexity index is 688. The highest BCUT2D eigenvalue weighted by molar-refractivity contribution is 5.82. The van der Waals surface area contributed by atoms with Crippen LogP contribution >= 0.6 is 0 Å². The van der Waals surface area contributed by atoms with Gasteiger partial charge in [-0.15, -0.1) is 0 Å². The van der Waals surface area contributed by atoms with Crippen molar-refractivity contribution in [2.24, 2.45) is 5.92 Å². The van der Waals surface area contributed by atoms with E-state index in [9.17, 15) is 9.59 Å². The van der Waals surface area contributed by atoms with E-state index in [2.05, 4.69) is 39.6 Å². The van der Waals surface area contributed by atoms with E-state index in [4.69, 9.17) is 0 Å². The predicted molar refractivity (Wildman–Crippen MR) is 73.1 cm³/mol. The summed E-state index contributed by atoms with van der Waals surface area (Å²) in [6.45, 7) is 2.31. The van der Waals surface area contributed by atoms with E-state index in [1.54, 1.807) is 0 Å². The molecule has 0 unspecified atom stereocenters. The average molecular weight is 272 g/mol. The Morgan fingerprint density at radius 2 is 2.25 bits per heavy atom. The largest absolute Gasteiger partial charge is 0.349 e. The van der Waals surface area contributed by atoms with Gasteiger partial charge in [0.1, 0.15) is 5.82 Å². The molecule has 3 N–H and O–H groups in total. The number of aromatic amines is 2. The number of hydrogen-bond acceptors (Lipinski definition) is 3. The Kier molecular flexibility index (Phi) is 3.14. The highest BCUT2D eigenvalue weighted by Gasteiger charge is 2.44. The van der Waals surface area contributed by atoms with E-state index < -0.39 is 0 Å². The van der Waals surface area contributed by atoms with Crippen molar-refractivity contribution in [1.29, 1.82) is 0 Å². The van der Waals surface area contributed by atoms with Crippen LogP contribution in [0.2, 0.25) is 0 Å². The first kappa shape index (κ1) is 12.7. The maximum Gasteiger partial charge on any atom is 0.340 e. The number of aromatic nitrogens is 3. The van der Waals surface area contributed by atoms with Gasteiger partial charge in [0.25, 0.3) is 0 Å². The zero-order valence-corrected chi connectivity index (χ0v) is 11.1. The minimum absolute atomic E-state index is 0.0158. The third-order valence-electron chi connectivity index (χ3n) is 3.70. The molecule has 3 rings (SSSR count). The summed E-state index contributed by atoms with van der Waals surface area (Å²) < 4.78 is 0. The summed E-state index contributed by atoms with van der Waals surface area (Å²) in [6, 6.07) is 8.16. The van der Waals surface area contributed by atoms with Gasteiger partial charge in [0.15, 0.2) is 0 Å². The van der Waals surface area contributed by atoms with Gasteiger partial charge in [-0.3, -0.25) is 9.78 Å². The number of rotatable bonds is 4. The van der Waals surface area contributed by atoms with E-state index in [1.807, 2.05) is 12.1 Å². The van der Waals surface area contributed by atoms with Gasteiger partial charge >= 0.3 is 5.69 Å². The van der Waals surface area contributed by atoms with Gasteiger partial charge in [0, 0.05) is 5.92 Å². The third kappa shape index (κ3) is 2.49. The van der Waals surface area contributed by atoms with Gasteiger partial charge in [-0.2, -0.15) is 5.10 Å². The molecule has 2 atom stereocenters. The lowest BCUT2D eigenvalue weighted by molar-refractivity contribution is -0.122. The normalized spacial score (nSPS) is 20.6.